The van der Waals surface area contributed by atoms with E-state index in [1.54, 1.807) is 48.5 Å². The second-order valence-electron chi connectivity index (χ2n) is 17.4. The smallest absolute Gasteiger partial charge is 0.311 e. The van der Waals surface area contributed by atoms with Crippen molar-refractivity contribution < 1.29 is 58.7 Å². The highest BCUT2D eigenvalue weighted by Gasteiger charge is 2.52. The van der Waals surface area contributed by atoms with Crippen molar-refractivity contribution in [2.45, 2.75) is 185 Å². The first-order valence-corrected chi connectivity index (χ1v) is 19.7. The molecule has 3 aliphatic rings. The van der Waals surface area contributed by atoms with Gasteiger partial charge in [0.2, 0.25) is 0 Å². The largest absolute Gasteiger partial charge is 0.459 e. The maximum atomic E-state index is 14.3. The summed E-state index contributed by atoms with van der Waals surface area (Å²) in [5, 5.41) is 58.6. The van der Waals surface area contributed by atoms with Crippen molar-refractivity contribution >= 4 is 5.97 Å². The van der Waals surface area contributed by atoms with E-state index in [0.717, 1.165) is 0 Å². The van der Waals surface area contributed by atoms with Crippen LogP contribution in [-0.4, -0.2) is 166 Å². The first-order chi connectivity index (χ1) is 24.9. The predicted molar refractivity (Wildman–Crippen MR) is 202 cm³/mol. The number of hydrogen-bond acceptors (Lipinski definition) is 14. The Bertz CT molecular complexity index is 1250. The molecule has 0 saturated carbocycles. The molecule has 14 nitrogen and oxygen atoms in total. The third-order valence-electron chi connectivity index (χ3n) is 12.3. The fourth-order valence-electron chi connectivity index (χ4n) is 8.93. The number of carbonyl (C=O) groups is 1. The minimum absolute atomic E-state index is 0.118. The van der Waals surface area contributed by atoms with Gasteiger partial charge >= 0.3 is 5.97 Å². The lowest BCUT2D eigenvalue weighted by Crippen LogP contribution is -2.60. The number of methoxy groups -OCH3 is 1. The summed E-state index contributed by atoms with van der Waals surface area (Å²) in [5.74, 6) is -0.109. The molecule has 5 N–H and O–H groups in total. The van der Waals surface area contributed by atoms with E-state index in [2.05, 4.69) is 5.92 Å². The molecule has 0 bridgehead atoms. The van der Waals surface area contributed by atoms with Gasteiger partial charge in [0.25, 0.3) is 0 Å². The van der Waals surface area contributed by atoms with Crippen molar-refractivity contribution in [2.24, 2.45) is 17.8 Å². The zero-order valence-corrected chi connectivity index (χ0v) is 35.0. The fraction of sp³-hybridized carbons (Fsp3) is 0.925. The Labute approximate surface area is 323 Å². The number of carbonyl (C=O) groups excluding carboxylic acids is 1. The molecule has 0 aromatic carbocycles. The van der Waals surface area contributed by atoms with Gasteiger partial charge in [0, 0.05) is 38.1 Å². The Balaban J connectivity index is 2.21. The lowest BCUT2D eigenvalue weighted by molar-refractivity contribution is -0.318. The average Bonchev–Trinajstić information content (AvgIpc) is 3.09. The molecule has 14 heteroatoms. The Morgan fingerprint density at radius 1 is 0.981 bits per heavy atom. The van der Waals surface area contributed by atoms with Gasteiger partial charge < -0.3 is 58.9 Å². The number of cyclic esters (lactones) is 1. The molecule has 0 aliphatic carbocycles. The molecule has 3 rings (SSSR count). The zero-order chi connectivity index (χ0) is 41.1. The standard InChI is InChI=1S/C40H72N2O12/c1-15-17-42-21-22(3)19-38(9,47)35(54-37-31(43)28(41(12)13)18-23(4)50-37)24(5)32(53-30-20-39(10,49-14)34(45)27(8)51-30)25(6)36(46)52-29(16-2)40(11,48)33(44)26(42)7/h1,22-35,37,43-45,47-48H,16-21H2,2-14H3/t22-,23-,24+,25-,26-,27+,28+,29?,30+,31-,32+,33-,34+,35-,37+,38-,39-,40-/m1/s1. The van der Waals surface area contributed by atoms with E-state index in [0.29, 0.717) is 13.0 Å². The van der Waals surface area contributed by atoms with Gasteiger partial charge in [0.1, 0.15) is 30.0 Å². The minimum Gasteiger partial charge on any atom is -0.459 e. The van der Waals surface area contributed by atoms with Crippen LogP contribution in [0.3, 0.4) is 0 Å². The molecule has 0 aromatic rings. The number of hydrogen-bond donors (Lipinski definition) is 5. The van der Waals surface area contributed by atoms with Crippen LogP contribution in [0.1, 0.15) is 94.9 Å². The molecule has 3 fully saturated rings. The van der Waals surface area contributed by atoms with Crippen LogP contribution >= 0.6 is 0 Å². The molecule has 314 valence electrons. The van der Waals surface area contributed by atoms with E-state index in [1.165, 1.54) is 14.0 Å². The molecule has 3 heterocycles. The van der Waals surface area contributed by atoms with E-state index >= 15 is 0 Å². The van der Waals surface area contributed by atoms with E-state index in [1.807, 2.05) is 37.7 Å². The van der Waals surface area contributed by atoms with Gasteiger partial charge in [-0.3, -0.25) is 9.69 Å². The Kier molecular flexibility index (Phi) is 16.4. The van der Waals surface area contributed by atoms with E-state index < -0.39 is 96.0 Å². The zero-order valence-electron chi connectivity index (χ0n) is 35.0. The van der Waals surface area contributed by atoms with Gasteiger partial charge in [-0.2, -0.15) is 0 Å². The third kappa shape index (κ3) is 10.5. The molecule has 0 aromatic heterocycles. The number of rotatable bonds is 8. The number of likely N-dealkylation sites (N-methyl/N-ethyl adjacent to an activating group) is 1. The Hall–Kier alpha value is -1.45. The van der Waals surface area contributed by atoms with Crippen LogP contribution in [-0.2, 0) is 33.2 Å². The number of aliphatic hydroxyl groups is 5. The van der Waals surface area contributed by atoms with Crippen LogP contribution in [0.15, 0.2) is 0 Å². The van der Waals surface area contributed by atoms with E-state index in [-0.39, 0.29) is 43.9 Å². The third-order valence-corrected chi connectivity index (χ3v) is 12.3. The second kappa shape index (κ2) is 18.9. The molecule has 3 aliphatic heterocycles. The molecule has 54 heavy (non-hydrogen) atoms. The van der Waals surface area contributed by atoms with Crippen LogP contribution in [0.5, 0.6) is 0 Å². The van der Waals surface area contributed by atoms with Gasteiger partial charge in [-0.25, -0.2) is 0 Å². The highest BCUT2D eigenvalue weighted by molar-refractivity contribution is 5.73. The highest BCUT2D eigenvalue weighted by atomic mass is 16.7. The van der Waals surface area contributed by atoms with Gasteiger partial charge in [-0.15, -0.1) is 6.42 Å². The first kappa shape index (κ1) is 46.9. The predicted octanol–water partition coefficient (Wildman–Crippen LogP) is 1.90. The number of aliphatic hydroxyl groups excluding tert-OH is 3. The van der Waals surface area contributed by atoms with Crippen LogP contribution in [0.2, 0.25) is 0 Å². The van der Waals surface area contributed by atoms with Crippen molar-refractivity contribution in [3.8, 4) is 12.3 Å². The van der Waals surface area contributed by atoms with Gasteiger partial charge in [-0.1, -0.05) is 26.7 Å². The highest BCUT2D eigenvalue weighted by Crippen LogP contribution is 2.40. The first-order valence-electron chi connectivity index (χ1n) is 19.7. The van der Waals surface area contributed by atoms with Gasteiger partial charge in [0.05, 0.1) is 48.1 Å². The summed E-state index contributed by atoms with van der Waals surface area (Å²) in [7, 11) is 5.25. The summed E-state index contributed by atoms with van der Waals surface area (Å²) >= 11 is 0. The maximum absolute atomic E-state index is 14.3. The van der Waals surface area contributed by atoms with Crippen LogP contribution in [0.25, 0.3) is 0 Å². The summed E-state index contributed by atoms with van der Waals surface area (Å²) in [5.41, 5.74) is -4.52. The fourth-order valence-corrected chi connectivity index (χ4v) is 8.93. The topological polar surface area (TPSA) is 180 Å². The molecule has 0 spiro atoms. The molecular formula is C40H72N2O12. The molecule has 3 saturated heterocycles. The number of terminal acetylenes is 1. The average molecular weight is 773 g/mol. The molecular weight excluding hydrogens is 700 g/mol. The lowest BCUT2D eigenvalue weighted by atomic mass is 9.77. The van der Waals surface area contributed by atoms with Crippen molar-refractivity contribution in [3.05, 3.63) is 0 Å². The monoisotopic (exact) mass is 773 g/mol. The summed E-state index contributed by atoms with van der Waals surface area (Å²) in [6.07, 6.45) is -2.87. The van der Waals surface area contributed by atoms with E-state index in [4.69, 9.17) is 34.8 Å². The minimum atomic E-state index is -1.87. The van der Waals surface area contributed by atoms with Crippen molar-refractivity contribution in [2.75, 3.05) is 34.3 Å². The molecule has 18 atom stereocenters. The Morgan fingerprint density at radius 3 is 2.17 bits per heavy atom. The van der Waals surface area contributed by atoms with Crippen LogP contribution in [0, 0.1) is 30.1 Å². The molecule has 1 unspecified atom stereocenters. The Morgan fingerprint density at radius 2 is 1.61 bits per heavy atom. The number of ether oxygens (including phenoxy) is 6. The SMILES string of the molecule is C#CCN1C[C@H](C)C[C@@](C)(O)[C@H](O[C@@H]2O[C@H](C)C[C@H](N(C)C)[C@H]2O)[C@@H](C)[C@H](O[C@H]2C[C@@](C)(OC)[C@@H](O)[C@H](C)O2)[C@@H](C)C(=O)OC(CC)[C@@](C)(O)[C@H](O)[C@H]1C. The van der Waals surface area contributed by atoms with Crippen molar-refractivity contribution in [1.82, 2.24) is 9.80 Å². The normalized spacial score (nSPS) is 48.0. The summed E-state index contributed by atoms with van der Waals surface area (Å²) in [6, 6.07) is -0.952. The summed E-state index contributed by atoms with van der Waals surface area (Å²) in [4.78, 5) is 18.1. The van der Waals surface area contributed by atoms with Crippen molar-refractivity contribution in [3.63, 3.8) is 0 Å². The van der Waals surface area contributed by atoms with Crippen LogP contribution < -0.4 is 0 Å². The molecule has 0 radical (unpaired) electrons. The second-order valence-corrected chi connectivity index (χ2v) is 17.4. The van der Waals surface area contributed by atoms with Gasteiger partial charge in [-0.05, 0) is 87.7 Å². The van der Waals surface area contributed by atoms with Crippen molar-refractivity contribution in [1.29, 1.82) is 0 Å². The maximum Gasteiger partial charge on any atom is 0.311 e. The number of nitrogens with zero attached hydrogens (tertiary/aromatic N) is 2. The molecule has 0 amide bonds. The van der Waals surface area contributed by atoms with Gasteiger partial charge in [0.15, 0.2) is 12.6 Å². The quantitative estimate of drug-likeness (QED) is 0.178. The number of esters is 1. The summed E-state index contributed by atoms with van der Waals surface area (Å²) < 4.78 is 37.6. The van der Waals surface area contributed by atoms with Crippen LogP contribution in [0.4, 0.5) is 0 Å². The lowest BCUT2D eigenvalue weighted by Gasteiger charge is -2.48. The van der Waals surface area contributed by atoms with E-state index in [9.17, 15) is 30.3 Å². The summed E-state index contributed by atoms with van der Waals surface area (Å²) in [6.45, 7) is 17.9.